The summed E-state index contributed by atoms with van der Waals surface area (Å²) in [6, 6.07) is 17.2. The number of aryl methyl sites for hydroxylation is 1. The van der Waals surface area contributed by atoms with E-state index < -0.39 is 12.1 Å². The summed E-state index contributed by atoms with van der Waals surface area (Å²) in [5.74, 6) is -1.48. The fourth-order valence-corrected chi connectivity index (χ4v) is 5.09. The van der Waals surface area contributed by atoms with Crippen molar-refractivity contribution in [3.05, 3.63) is 94.1 Å². The summed E-state index contributed by atoms with van der Waals surface area (Å²) in [4.78, 5) is 11.1. The summed E-state index contributed by atoms with van der Waals surface area (Å²) in [5.41, 5.74) is 7.43. The standard InChI is InChI=1S/C31H34O4/c1-19-6-10-21(11-7-19)24-17-22(18-25-28(24)31(4,5)15-14-30(25,2)3)26(32)13-9-20-8-12-23(29(34)35)27(33)16-20/h6-13,16-18,26,32-33H,14-15H2,1-5H3,(H,34,35)/b13-9+. The van der Waals surface area contributed by atoms with Crippen molar-refractivity contribution in [3.63, 3.8) is 0 Å². The first kappa shape index (κ1) is 24.7. The molecule has 35 heavy (non-hydrogen) atoms. The Balaban J connectivity index is 1.80. The number of phenols is 1. The lowest BCUT2D eigenvalue weighted by Crippen LogP contribution is -2.34. The number of hydrogen-bond acceptors (Lipinski definition) is 3. The predicted octanol–water partition coefficient (Wildman–Crippen LogP) is 7.16. The molecule has 0 aromatic heterocycles. The van der Waals surface area contributed by atoms with Crippen LogP contribution in [0, 0.1) is 6.92 Å². The largest absolute Gasteiger partial charge is 0.507 e. The molecule has 0 bridgehead atoms. The molecule has 0 amide bonds. The molecule has 0 saturated carbocycles. The fourth-order valence-electron chi connectivity index (χ4n) is 5.09. The topological polar surface area (TPSA) is 77.8 Å². The first-order valence-electron chi connectivity index (χ1n) is 12.1. The van der Waals surface area contributed by atoms with Gasteiger partial charge in [-0.1, -0.05) is 81.8 Å². The molecule has 0 fully saturated rings. The van der Waals surface area contributed by atoms with Gasteiger partial charge in [0.15, 0.2) is 0 Å². The van der Waals surface area contributed by atoms with E-state index >= 15 is 0 Å². The zero-order valence-corrected chi connectivity index (χ0v) is 21.1. The van der Waals surface area contributed by atoms with Crippen molar-refractivity contribution in [3.8, 4) is 16.9 Å². The number of aromatic carboxylic acids is 1. The molecule has 4 rings (SSSR count). The van der Waals surface area contributed by atoms with Crippen LogP contribution in [0.2, 0.25) is 0 Å². The number of carboxylic acids is 1. The van der Waals surface area contributed by atoms with Crippen molar-refractivity contribution in [2.45, 2.75) is 64.4 Å². The van der Waals surface area contributed by atoms with Crippen molar-refractivity contribution >= 4 is 12.0 Å². The van der Waals surface area contributed by atoms with E-state index in [0.717, 1.165) is 29.5 Å². The van der Waals surface area contributed by atoms with Crippen molar-refractivity contribution < 1.29 is 20.1 Å². The van der Waals surface area contributed by atoms with Crippen LogP contribution in [-0.2, 0) is 10.8 Å². The molecule has 3 N–H and O–H groups in total. The number of rotatable bonds is 5. The van der Waals surface area contributed by atoms with Crippen molar-refractivity contribution in [1.82, 2.24) is 0 Å². The highest BCUT2D eigenvalue weighted by molar-refractivity contribution is 5.91. The Hall–Kier alpha value is -3.37. The van der Waals surface area contributed by atoms with E-state index in [1.165, 1.54) is 28.8 Å². The minimum atomic E-state index is -1.18. The second-order valence-electron chi connectivity index (χ2n) is 11.0. The molecule has 4 heteroatoms. The van der Waals surface area contributed by atoms with E-state index in [2.05, 4.69) is 71.0 Å². The molecule has 1 atom stereocenters. The Morgan fingerprint density at radius 1 is 0.943 bits per heavy atom. The zero-order valence-electron chi connectivity index (χ0n) is 21.1. The minimum absolute atomic E-state index is 0.0117. The first-order valence-corrected chi connectivity index (χ1v) is 12.1. The van der Waals surface area contributed by atoms with Crippen LogP contribution in [0.4, 0.5) is 0 Å². The van der Waals surface area contributed by atoms with E-state index in [9.17, 15) is 15.0 Å². The molecule has 4 nitrogen and oxygen atoms in total. The normalized spacial score (nSPS) is 17.2. The molecule has 0 radical (unpaired) electrons. The maximum Gasteiger partial charge on any atom is 0.339 e. The highest BCUT2D eigenvalue weighted by atomic mass is 16.4. The summed E-state index contributed by atoms with van der Waals surface area (Å²) in [7, 11) is 0. The van der Waals surface area contributed by atoms with Crippen LogP contribution in [0.5, 0.6) is 5.75 Å². The van der Waals surface area contributed by atoms with Crippen molar-refractivity contribution in [2.75, 3.05) is 0 Å². The highest BCUT2D eigenvalue weighted by Gasteiger charge is 2.39. The van der Waals surface area contributed by atoms with Gasteiger partial charge in [0.1, 0.15) is 11.3 Å². The number of carboxylic acid groups (broad SMARTS) is 1. The molecule has 182 valence electrons. The third-order valence-electron chi connectivity index (χ3n) is 7.37. The van der Waals surface area contributed by atoms with Gasteiger partial charge in [-0.25, -0.2) is 4.79 Å². The average Bonchev–Trinajstić information content (AvgIpc) is 2.80. The lowest BCUT2D eigenvalue weighted by molar-refractivity contribution is 0.0693. The van der Waals surface area contributed by atoms with Crippen LogP contribution in [0.25, 0.3) is 17.2 Å². The van der Waals surface area contributed by atoms with Gasteiger partial charge in [-0.3, -0.25) is 0 Å². The molecule has 1 unspecified atom stereocenters. The molecule has 0 heterocycles. The van der Waals surface area contributed by atoms with Gasteiger partial charge in [-0.05, 0) is 82.2 Å². The van der Waals surface area contributed by atoms with Gasteiger partial charge in [0, 0.05) is 0 Å². The lowest BCUT2D eigenvalue weighted by Gasteiger charge is -2.43. The first-order chi connectivity index (χ1) is 16.4. The summed E-state index contributed by atoms with van der Waals surface area (Å²) >= 11 is 0. The van der Waals surface area contributed by atoms with E-state index in [-0.39, 0.29) is 22.1 Å². The Bertz CT molecular complexity index is 1300. The van der Waals surface area contributed by atoms with Gasteiger partial charge in [-0.15, -0.1) is 0 Å². The van der Waals surface area contributed by atoms with Crippen LogP contribution < -0.4 is 0 Å². The smallest absolute Gasteiger partial charge is 0.339 e. The summed E-state index contributed by atoms with van der Waals surface area (Å²) < 4.78 is 0. The van der Waals surface area contributed by atoms with Crippen LogP contribution in [0.3, 0.4) is 0 Å². The minimum Gasteiger partial charge on any atom is -0.507 e. The Morgan fingerprint density at radius 3 is 2.23 bits per heavy atom. The summed E-state index contributed by atoms with van der Waals surface area (Å²) in [6.07, 6.45) is 4.70. The number of fused-ring (bicyclic) bond motifs is 1. The molecular formula is C31H34O4. The van der Waals surface area contributed by atoms with Gasteiger partial charge < -0.3 is 15.3 Å². The maximum atomic E-state index is 11.2. The van der Waals surface area contributed by atoms with E-state index in [0.29, 0.717) is 5.56 Å². The van der Waals surface area contributed by atoms with E-state index in [4.69, 9.17) is 5.11 Å². The van der Waals surface area contributed by atoms with E-state index in [1.54, 1.807) is 18.2 Å². The second-order valence-corrected chi connectivity index (χ2v) is 11.0. The monoisotopic (exact) mass is 470 g/mol. The van der Waals surface area contributed by atoms with Crippen LogP contribution in [0.1, 0.15) is 84.8 Å². The maximum absolute atomic E-state index is 11.2. The molecule has 0 saturated heterocycles. The molecule has 3 aromatic rings. The fraction of sp³-hybridized carbons (Fsp3) is 0.323. The van der Waals surface area contributed by atoms with Gasteiger partial charge in [0.05, 0.1) is 6.10 Å². The van der Waals surface area contributed by atoms with Gasteiger partial charge in [-0.2, -0.15) is 0 Å². The zero-order chi connectivity index (χ0) is 25.5. The Labute approximate surface area is 207 Å². The van der Waals surface area contributed by atoms with E-state index in [1.807, 2.05) is 0 Å². The number of aliphatic hydroxyl groups is 1. The number of carbonyl (C=O) groups is 1. The highest BCUT2D eigenvalue weighted by Crippen LogP contribution is 2.50. The third kappa shape index (κ3) is 4.89. The lowest BCUT2D eigenvalue weighted by atomic mass is 9.61. The average molecular weight is 471 g/mol. The number of aliphatic hydroxyl groups excluding tert-OH is 1. The van der Waals surface area contributed by atoms with Gasteiger partial charge in [0.25, 0.3) is 0 Å². The molecule has 1 aliphatic carbocycles. The van der Waals surface area contributed by atoms with Gasteiger partial charge >= 0.3 is 5.97 Å². The molecule has 1 aliphatic rings. The molecule has 0 aliphatic heterocycles. The second kappa shape index (κ2) is 9.01. The SMILES string of the molecule is Cc1ccc(-c2cc(C(O)/C=C/c3ccc(C(=O)O)c(O)c3)cc3c2C(C)(C)CCC3(C)C)cc1. The quantitative estimate of drug-likeness (QED) is 0.370. The van der Waals surface area contributed by atoms with Crippen molar-refractivity contribution in [2.24, 2.45) is 0 Å². The molecular weight excluding hydrogens is 436 g/mol. The Morgan fingerprint density at radius 2 is 1.60 bits per heavy atom. The summed E-state index contributed by atoms with van der Waals surface area (Å²) in [5, 5.41) is 30.3. The molecule has 0 spiro atoms. The Kier molecular flexibility index (Phi) is 6.37. The predicted molar refractivity (Wildman–Crippen MR) is 141 cm³/mol. The van der Waals surface area contributed by atoms with Gasteiger partial charge in [0.2, 0.25) is 0 Å². The van der Waals surface area contributed by atoms with Crippen LogP contribution in [0.15, 0.2) is 60.7 Å². The number of aromatic hydroxyl groups is 1. The van der Waals surface area contributed by atoms with Crippen molar-refractivity contribution in [1.29, 1.82) is 0 Å². The van der Waals surface area contributed by atoms with Crippen LogP contribution >= 0.6 is 0 Å². The number of benzene rings is 3. The summed E-state index contributed by atoms with van der Waals surface area (Å²) in [6.45, 7) is 11.2. The van der Waals surface area contributed by atoms with Crippen LogP contribution in [-0.4, -0.2) is 21.3 Å². The molecule has 3 aromatic carbocycles. The number of hydrogen-bond donors (Lipinski definition) is 3. The third-order valence-corrected chi connectivity index (χ3v) is 7.37.